The molecule has 2 rings (SSSR count). The van der Waals surface area contributed by atoms with E-state index in [1.807, 2.05) is 6.92 Å². The summed E-state index contributed by atoms with van der Waals surface area (Å²) in [6.07, 6.45) is 5.29. The zero-order valence-electron chi connectivity index (χ0n) is 14.0. The fraction of sp³-hybridized carbons (Fsp3) is 0.500. The van der Waals surface area contributed by atoms with E-state index in [4.69, 9.17) is 4.74 Å². The lowest BCUT2D eigenvalue weighted by molar-refractivity contribution is 0.0996. The summed E-state index contributed by atoms with van der Waals surface area (Å²) in [5, 5.41) is 20.5. The summed E-state index contributed by atoms with van der Waals surface area (Å²) in [5.74, 6) is 0.353. The Bertz CT molecular complexity index is 597. The smallest absolute Gasteiger partial charge is 0.196 e. The number of nitrogens with zero attached hydrogens (tertiary/aromatic N) is 1. The van der Waals surface area contributed by atoms with Crippen molar-refractivity contribution in [3.63, 3.8) is 0 Å². The minimum atomic E-state index is -0.600. The molecule has 0 spiro atoms. The van der Waals surface area contributed by atoms with Crippen LogP contribution in [-0.2, 0) is 0 Å². The molecule has 0 fully saturated rings. The SMILES string of the molecule is CCCCCC(C)Oc1ccc2c(c1)N(O)C(C)C(=CO)C2=O. The van der Waals surface area contributed by atoms with Crippen LogP contribution < -0.4 is 9.80 Å². The highest BCUT2D eigenvalue weighted by molar-refractivity contribution is 6.14. The van der Waals surface area contributed by atoms with Crippen LogP contribution in [0.25, 0.3) is 0 Å². The van der Waals surface area contributed by atoms with E-state index in [-0.39, 0.29) is 17.5 Å². The molecule has 0 amide bonds. The van der Waals surface area contributed by atoms with Crippen molar-refractivity contribution >= 4 is 11.5 Å². The molecule has 5 heteroatoms. The summed E-state index contributed by atoms with van der Waals surface area (Å²) >= 11 is 0. The largest absolute Gasteiger partial charge is 0.515 e. The van der Waals surface area contributed by atoms with Crippen molar-refractivity contribution in [1.82, 2.24) is 0 Å². The van der Waals surface area contributed by atoms with E-state index in [1.54, 1.807) is 25.1 Å². The highest BCUT2D eigenvalue weighted by atomic mass is 16.5. The van der Waals surface area contributed by atoms with Gasteiger partial charge in [0.25, 0.3) is 0 Å². The van der Waals surface area contributed by atoms with Crippen LogP contribution in [0.15, 0.2) is 30.0 Å². The Kier molecular flexibility index (Phi) is 5.66. The zero-order chi connectivity index (χ0) is 17.0. The molecule has 23 heavy (non-hydrogen) atoms. The number of anilines is 1. The minimum Gasteiger partial charge on any atom is -0.515 e. The molecule has 1 aliphatic heterocycles. The number of hydrogen-bond acceptors (Lipinski definition) is 5. The van der Waals surface area contributed by atoms with Crippen molar-refractivity contribution < 1.29 is 19.8 Å². The molecule has 2 N–H and O–H groups in total. The number of unbranched alkanes of at least 4 members (excludes halogenated alkanes) is 2. The van der Waals surface area contributed by atoms with Crippen molar-refractivity contribution in [3.8, 4) is 5.75 Å². The molecule has 0 aliphatic carbocycles. The second-order valence-electron chi connectivity index (χ2n) is 6.04. The molecule has 0 radical (unpaired) electrons. The number of benzene rings is 1. The average Bonchev–Trinajstić information content (AvgIpc) is 2.53. The Morgan fingerprint density at radius 2 is 2.13 bits per heavy atom. The van der Waals surface area contributed by atoms with Crippen LogP contribution in [0.3, 0.4) is 0 Å². The molecule has 126 valence electrons. The first-order valence-corrected chi connectivity index (χ1v) is 8.17. The minimum absolute atomic E-state index is 0.0800. The van der Waals surface area contributed by atoms with E-state index in [0.717, 1.165) is 24.2 Å². The Morgan fingerprint density at radius 3 is 2.78 bits per heavy atom. The van der Waals surface area contributed by atoms with Crippen LogP contribution in [0.2, 0.25) is 0 Å². The number of fused-ring (bicyclic) bond motifs is 1. The van der Waals surface area contributed by atoms with Gasteiger partial charge in [0.2, 0.25) is 0 Å². The molecule has 0 saturated heterocycles. The molecule has 0 aromatic heterocycles. The quantitative estimate of drug-likeness (QED) is 0.466. The fourth-order valence-corrected chi connectivity index (χ4v) is 2.79. The second kappa shape index (κ2) is 7.51. The van der Waals surface area contributed by atoms with Gasteiger partial charge in [-0.3, -0.25) is 10.0 Å². The maximum atomic E-state index is 12.3. The molecular weight excluding hydrogens is 294 g/mol. The van der Waals surface area contributed by atoms with Gasteiger partial charge in [-0.05, 0) is 38.8 Å². The number of ether oxygens (including phenoxy) is 1. The summed E-state index contributed by atoms with van der Waals surface area (Å²) < 4.78 is 5.89. The molecule has 2 unspecified atom stereocenters. The number of carbonyl (C=O) groups is 1. The molecule has 1 aliphatic rings. The monoisotopic (exact) mass is 319 g/mol. The van der Waals surface area contributed by atoms with E-state index in [9.17, 15) is 15.1 Å². The first-order chi connectivity index (χ1) is 11.0. The molecule has 5 nitrogen and oxygen atoms in total. The van der Waals surface area contributed by atoms with E-state index < -0.39 is 6.04 Å². The molecular formula is C18H25NO4. The first-order valence-electron chi connectivity index (χ1n) is 8.17. The van der Waals surface area contributed by atoms with Crippen LogP contribution in [-0.4, -0.2) is 28.2 Å². The van der Waals surface area contributed by atoms with E-state index >= 15 is 0 Å². The van der Waals surface area contributed by atoms with Crippen LogP contribution in [0.4, 0.5) is 5.69 Å². The Balaban J connectivity index is 2.18. The van der Waals surface area contributed by atoms with Gasteiger partial charge < -0.3 is 9.84 Å². The predicted molar refractivity (Wildman–Crippen MR) is 89.4 cm³/mol. The number of hydrogen-bond donors (Lipinski definition) is 2. The van der Waals surface area contributed by atoms with Gasteiger partial charge in [0, 0.05) is 11.6 Å². The highest BCUT2D eigenvalue weighted by Gasteiger charge is 2.33. The predicted octanol–water partition coefficient (Wildman–Crippen LogP) is 4.26. The van der Waals surface area contributed by atoms with Crippen molar-refractivity contribution in [2.45, 2.75) is 58.6 Å². The number of aliphatic hydroxyl groups excluding tert-OH is 1. The third kappa shape index (κ3) is 3.67. The van der Waals surface area contributed by atoms with Gasteiger partial charge in [0.1, 0.15) is 5.75 Å². The standard InChI is InChI=1S/C18H25NO4/c1-4-5-6-7-12(2)23-14-8-9-15-17(10-14)19(22)13(3)16(11-20)18(15)21/h8-13,20,22H,4-7H2,1-3H3. The summed E-state index contributed by atoms with van der Waals surface area (Å²) in [7, 11) is 0. The molecule has 2 atom stereocenters. The number of Topliss-reactive ketones (excluding diaryl/α,β-unsaturated/α-hetero) is 1. The van der Waals surface area contributed by atoms with Crippen LogP contribution in [0.5, 0.6) is 5.75 Å². The van der Waals surface area contributed by atoms with Crippen molar-refractivity contribution in [2.24, 2.45) is 0 Å². The number of ketones is 1. The summed E-state index contributed by atoms with van der Waals surface area (Å²) in [6.45, 7) is 5.84. The summed E-state index contributed by atoms with van der Waals surface area (Å²) in [4.78, 5) is 12.3. The maximum absolute atomic E-state index is 12.3. The van der Waals surface area contributed by atoms with Crippen LogP contribution in [0.1, 0.15) is 56.8 Å². The lowest BCUT2D eigenvalue weighted by atomic mass is 9.92. The number of rotatable bonds is 6. The Hall–Kier alpha value is -2.01. The maximum Gasteiger partial charge on any atom is 0.196 e. The lowest BCUT2D eigenvalue weighted by Gasteiger charge is -2.32. The third-order valence-corrected chi connectivity index (χ3v) is 4.23. The number of aliphatic hydroxyl groups is 1. The van der Waals surface area contributed by atoms with Gasteiger partial charge in [-0.25, -0.2) is 5.06 Å². The number of hydroxylamine groups is 1. The van der Waals surface area contributed by atoms with Crippen molar-refractivity contribution in [1.29, 1.82) is 0 Å². The van der Waals surface area contributed by atoms with Gasteiger partial charge >= 0.3 is 0 Å². The third-order valence-electron chi connectivity index (χ3n) is 4.23. The van der Waals surface area contributed by atoms with Crippen LogP contribution >= 0.6 is 0 Å². The average molecular weight is 319 g/mol. The number of carbonyl (C=O) groups excluding carboxylic acids is 1. The van der Waals surface area contributed by atoms with Crippen molar-refractivity contribution in [3.05, 3.63) is 35.6 Å². The van der Waals surface area contributed by atoms with E-state index in [2.05, 4.69) is 6.92 Å². The van der Waals surface area contributed by atoms with E-state index in [0.29, 0.717) is 17.0 Å². The topological polar surface area (TPSA) is 70.0 Å². The summed E-state index contributed by atoms with van der Waals surface area (Å²) in [6, 6.07) is 4.43. The molecule has 1 heterocycles. The van der Waals surface area contributed by atoms with Gasteiger partial charge in [0.05, 0.1) is 29.7 Å². The Labute approximate surface area is 137 Å². The molecule has 1 aromatic rings. The first kappa shape index (κ1) is 17.3. The van der Waals surface area contributed by atoms with Gasteiger partial charge in [-0.1, -0.05) is 19.8 Å². The van der Waals surface area contributed by atoms with Gasteiger partial charge in [0.15, 0.2) is 5.78 Å². The highest BCUT2D eigenvalue weighted by Crippen LogP contribution is 2.35. The molecule has 0 bridgehead atoms. The van der Waals surface area contributed by atoms with Gasteiger partial charge in [-0.2, -0.15) is 0 Å². The Morgan fingerprint density at radius 1 is 1.39 bits per heavy atom. The summed E-state index contributed by atoms with van der Waals surface area (Å²) in [5.41, 5.74) is 0.935. The van der Waals surface area contributed by atoms with Crippen molar-refractivity contribution in [2.75, 3.05) is 5.06 Å². The molecule has 1 aromatic carbocycles. The fourth-order valence-electron chi connectivity index (χ4n) is 2.79. The van der Waals surface area contributed by atoms with Crippen LogP contribution in [0, 0.1) is 0 Å². The lowest BCUT2D eigenvalue weighted by Crippen LogP contribution is -2.39. The van der Waals surface area contributed by atoms with E-state index in [1.165, 1.54) is 12.8 Å². The zero-order valence-corrected chi connectivity index (χ0v) is 14.0. The normalized spacial score (nSPS) is 20.5. The second-order valence-corrected chi connectivity index (χ2v) is 6.04. The van der Waals surface area contributed by atoms with Gasteiger partial charge in [-0.15, -0.1) is 0 Å². The molecule has 0 saturated carbocycles.